The van der Waals surface area contributed by atoms with Crippen LogP contribution in [0.4, 0.5) is 10.5 Å². The molecule has 0 radical (unpaired) electrons. The molecule has 1 aliphatic rings. The summed E-state index contributed by atoms with van der Waals surface area (Å²) in [5.74, 6) is 1.27. The van der Waals surface area contributed by atoms with Crippen molar-refractivity contribution >= 4 is 11.8 Å². The van der Waals surface area contributed by atoms with Gasteiger partial charge in [0.15, 0.2) is 12.5 Å². The topological polar surface area (TPSA) is 89.9 Å². The van der Waals surface area contributed by atoms with Gasteiger partial charge in [-0.05, 0) is 18.8 Å². The molecule has 1 aliphatic carbocycles. The van der Waals surface area contributed by atoms with Crippen LogP contribution in [0.2, 0.25) is 0 Å². The summed E-state index contributed by atoms with van der Waals surface area (Å²) in [5.41, 5.74) is 0.283. The third kappa shape index (κ3) is 4.29. The first-order valence-corrected chi connectivity index (χ1v) is 5.93. The second kappa shape index (κ2) is 6.24. The van der Waals surface area contributed by atoms with E-state index in [1.807, 2.05) is 0 Å². The van der Waals surface area contributed by atoms with E-state index in [1.54, 1.807) is 0 Å². The molecule has 0 atom stereocenters. The Balaban J connectivity index is 2.06. The van der Waals surface area contributed by atoms with Crippen LogP contribution in [0.3, 0.4) is 0 Å². The summed E-state index contributed by atoms with van der Waals surface area (Å²) in [4.78, 5) is 14.8. The lowest BCUT2D eigenvalue weighted by atomic mass is 10.3. The van der Waals surface area contributed by atoms with Crippen LogP contribution in [0.1, 0.15) is 12.8 Å². The molecule has 1 heterocycles. The number of nitrogens with one attached hydrogen (secondary N) is 1. The second-order valence-corrected chi connectivity index (χ2v) is 4.25. The fourth-order valence-corrected chi connectivity index (χ4v) is 1.44. The molecule has 0 saturated heterocycles. The molecule has 2 rings (SSSR count). The van der Waals surface area contributed by atoms with Gasteiger partial charge in [-0.1, -0.05) is 0 Å². The van der Waals surface area contributed by atoms with Gasteiger partial charge in [0.1, 0.15) is 0 Å². The summed E-state index contributed by atoms with van der Waals surface area (Å²) >= 11 is 0. The van der Waals surface area contributed by atoms with Crippen LogP contribution in [0.5, 0.6) is 11.6 Å². The molecular weight excluding hydrogens is 252 g/mol. The predicted molar refractivity (Wildman–Crippen MR) is 66.6 cm³/mol. The average molecular weight is 268 g/mol. The number of aromatic nitrogens is 1. The third-order valence-corrected chi connectivity index (χ3v) is 2.58. The maximum absolute atomic E-state index is 10.7. The largest absolute Gasteiger partial charge is 0.477 e. The maximum Gasteiger partial charge on any atom is 0.409 e. The van der Waals surface area contributed by atoms with Gasteiger partial charge in [-0.25, -0.2) is 9.78 Å². The first-order chi connectivity index (χ1) is 9.19. The fourth-order valence-electron chi connectivity index (χ4n) is 1.44. The van der Waals surface area contributed by atoms with Gasteiger partial charge in [0.25, 0.3) is 0 Å². The van der Waals surface area contributed by atoms with Crippen molar-refractivity contribution in [2.24, 2.45) is 5.92 Å². The molecule has 1 aromatic rings. The van der Waals surface area contributed by atoms with Crippen LogP contribution >= 0.6 is 0 Å². The molecule has 1 saturated carbocycles. The van der Waals surface area contributed by atoms with Gasteiger partial charge in [0, 0.05) is 13.2 Å². The van der Waals surface area contributed by atoms with Crippen molar-refractivity contribution in [1.82, 2.24) is 4.98 Å². The van der Waals surface area contributed by atoms with Crippen LogP contribution < -0.4 is 14.8 Å². The summed E-state index contributed by atoms with van der Waals surface area (Å²) in [6.07, 6.45) is 2.58. The lowest BCUT2D eigenvalue weighted by Gasteiger charge is -2.12. The molecule has 19 heavy (non-hydrogen) atoms. The Morgan fingerprint density at radius 2 is 2.32 bits per heavy atom. The van der Waals surface area contributed by atoms with Crippen molar-refractivity contribution in [2.75, 3.05) is 25.8 Å². The number of carbonyl (C=O) groups is 1. The molecule has 0 aliphatic heterocycles. The zero-order chi connectivity index (χ0) is 13.7. The van der Waals surface area contributed by atoms with Gasteiger partial charge < -0.3 is 19.3 Å². The highest BCUT2D eigenvalue weighted by Crippen LogP contribution is 2.31. The summed E-state index contributed by atoms with van der Waals surface area (Å²) in [6, 6.07) is 1.50. The number of rotatable bonds is 7. The summed E-state index contributed by atoms with van der Waals surface area (Å²) in [7, 11) is 1.48. The summed E-state index contributed by atoms with van der Waals surface area (Å²) < 4.78 is 15.5. The van der Waals surface area contributed by atoms with E-state index in [2.05, 4.69) is 10.3 Å². The smallest absolute Gasteiger partial charge is 0.409 e. The van der Waals surface area contributed by atoms with Crippen molar-refractivity contribution in [3.8, 4) is 11.6 Å². The third-order valence-electron chi connectivity index (χ3n) is 2.58. The Kier molecular flexibility index (Phi) is 4.40. The Hall–Kier alpha value is -2.02. The average Bonchev–Trinajstić information content (AvgIpc) is 3.18. The maximum atomic E-state index is 10.7. The molecule has 1 fully saturated rings. The van der Waals surface area contributed by atoms with E-state index in [-0.39, 0.29) is 12.5 Å². The standard InChI is InChI=1S/C12H16N2O5/c1-17-7-19-10-5-13-11(18-6-8-2-3-8)4-9(10)14-12(15)16/h4-5,8H,2-3,6-7H2,1H3,(H,13,14)(H,15,16). The molecule has 0 aromatic carbocycles. The highest BCUT2D eigenvalue weighted by molar-refractivity contribution is 5.85. The van der Waals surface area contributed by atoms with Gasteiger partial charge in [-0.15, -0.1) is 0 Å². The summed E-state index contributed by atoms with van der Waals surface area (Å²) in [5, 5.41) is 11.0. The number of ether oxygens (including phenoxy) is 3. The highest BCUT2D eigenvalue weighted by Gasteiger charge is 2.22. The number of hydrogen-bond donors (Lipinski definition) is 2. The Morgan fingerprint density at radius 1 is 1.53 bits per heavy atom. The number of amides is 1. The van der Waals surface area contributed by atoms with Gasteiger partial charge in [0.05, 0.1) is 18.5 Å². The number of nitrogens with zero attached hydrogens (tertiary/aromatic N) is 1. The highest BCUT2D eigenvalue weighted by atomic mass is 16.7. The van der Waals surface area contributed by atoms with E-state index in [0.29, 0.717) is 24.2 Å². The number of hydrogen-bond acceptors (Lipinski definition) is 5. The van der Waals surface area contributed by atoms with Crippen molar-refractivity contribution in [3.05, 3.63) is 12.3 Å². The van der Waals surface area contributed by atoms with E-state index in [9.17, 15) is 4.79 Å². The number of pyridine rings is 1. The number of carboxylic acid groups (broad SMARTS) is 1. The molecule has 1 aromatic heterocycles. The van der Waals surface area contributed by atoms with Gasteiger partial charge >= 0.3 is 6.09 Å². The first-order valence-electron chi connectivity index (χ1n) is 5.93. The van der Waals surface area contributed by atoms with E-state index in [0.717, 1.165) is 0 Å². The molecule has 7 nitrogen and oxygen atoms in total. The van der Waals surface area contributed by atoms with Gasteiger partial charge in [-0.2, -0.15) is 0 Å². The van der Waals surface area contributed by atoms with E-state index in [4.69, 9.17) is 19.3 Å². The zero-order valence-electron chi connectivity index (χ0n) is 10.6. The van der Waals surface area contributed by atoms with Crippen molar-refractivity contribution in [1.29, 1.82) is 0 Å². The van der Waals surface area contributed by atoms with Crippen molar-refractivity contribution < 1.29 is 24.1 Å². The van der Waals surface area contributed by atoms with E-state index < -0.39 is 6.09 Å². The van der Waals surface area contributed by atoms with Gasteiger partial charge in [-0.3, -0.25) is 5.32 Å². The normalized spacial score (nSPS) is 13.9. The van der Waals surface area contributed by atoms with Crippen molar-refractivity contribution in [3.63, 3.8) is 0 Å². The second-order valence-electron chi connectivity index (χ2n) is 4.25. The fraction of sp³-hybridized carbons (Fsp3) is 0.500. The SMILES string of the molecule is COCOc1cnc(OCC2CC2)cc1NC(=O)O. The quantitative estimate of drug-likeness (QED) is 0.734. The van der Waals surface area contributed by atoms with Crippen LogP contribution in [0.25, 0.3) is 0 Å². The Bertz CT molecular complexity index is 448. The van der Waals surface area contributed by atoms with Gasteiger partial charge in [0.2, 0.25) is 5.88 Å². The van der Waals surface area contributed by atoms with Crippen LogP contribution in [-0.4, -0.2) is 36.7 Å². The zero-order valence-corrected chi connectivity index (χ0v) is 10.6. The molecule has 0 spiro atoms. The lowest BCUT2D eigenvalue weighted by Crippen LogP contribution is -2.11. The molecule has 0 bridgehead atoms. The van der Waals surface area contributed by atoms with Crippen LogP contribution in [-0.2, 0) is 4.74 Å². The monoisotopic (exact) mass is 268 g/mol. The lowest BCUT2D eigenvalue weighted by molar-refractivity contribution is 0.0512. The number of anilines is 1. The van der Waals surface area contributed by atoms with Crippen LogP contribution in [0.15, 0.2) is 12.3 Å². The minimum Gasteiger partial charge on any atom is -0.477 e. The Morgan fingerprint density at radius 3 is 2.95 bits per heavy atom. The first kappa shape index (κ1) is 13.4. The molecule has 0 unspecified atom stereocenters. The van der Waals surface area contributed by atoms with E-state index in [1.165, 1.54) is 32.2 Å². The Labute approximate surface area is 110 Å². The molecule has 7 heteroatoms. The van der Waals surface area contributed by atoms with E-state index >= 15 is 0 Å². The minimum absolute atomic E-state index is 0.0122. The molecular formula is C12H16N2O5. The minimum atomic E-state index is -1.18. The van der Waals surface area contributed by atoms with Crippen LogP contribution in [0, 0.1) is 5.92 Å². The molecule has 104 valence electrons. The summed E-state index contributed by atoms with van der Waals surface area (Å²) in [6.45, 7) is 0.621. The molecule has 2 N–H and O–H groups in total. The van der Waals surface area contributed by atoms with Crippen molar-refractivity contribution in [2.45, 2.75) is 12.8 Å². The number of methoxy groups -OCH3 is 1. The predicted octanol–water partition coefficient (Wildman–Crippen LogP) is 1.94. The molecule has 1 amide bonds.